The number of unbranched alkanes of at least 4 members (excludes halogenated alkanes) is 4. The molecule has 0 bridgehead atoms. The summed E-state index contributed by atoms with van der Waals surface area (Å²) >= 11 is 1.76. The van der Waals surface area contributed by atoms with Crippen molar-refractivity contribution in [3.05, 3.63) is 21.9 Å². The van der Waals surface area contributed by atoms with Crippen LogP contribution in [0, 0.1) is 12.8 Å². The second-order valence-electron chi connectivity index (χ2n) is 6.12. The van der Waals surface area contributed by atoms with Gasteiger partial charge in [-0.1, -0.05) is 19.3 Å². The summed E-state index contributed by atoms with van der Waals surface area (Å²) in [4.78, 5) is 23.8. The molecule has 2 N–H and O–H groups in total. The van der Waals surface area contributed by atoms with Crippen LogP contribution in [0.25, 0.3) is 0 Å². The topological polar surface area (TPSA) is 66.4 Å². The predicted octanol–water partition coefficient (Wildman–Crippen LogP) is 3.70. The molecule has 1 amide bonds. The van der Waals surface area contributed by atoms with Crippen LogP contribution in [-0.4, -0.2) is 23.5 Å². The van der Waals surface area contributed by atoms with E-state index in [9.17, 15) is 9.59 Å². The van der Waals surface area contributed by atoms with Gasteiger partial charge in [0.25, 0.3) is 0 Å². The second kappa shape index (κ2) is 8.32. The first-order valence-electron chi connectivity index (χ1n) is 8.13. The molecule has 1 aromatic rings. The zero-order valence-electron chi connectivity index (χ0n) is 13.1. The van der Waals surface area contributed by atoms with Crippen molar-refractivity contribution in [2.24, 2.45) is 5.92 Å². The van der Waals surface area contributed by atoms with E-state index < -0.39 is 5.97 Å². The van der Waals surface area contributed by atoms with E-state index in [2.05, 4.69) is 23.7 Å². The zero-order chi connectivity index (χ0) is 15.9. The molecule has 1 aliphatic carbocycles. The van der Waals surface area contributed by atoms with Crippen LogP contribution in [0.5, 0.6) is 0 Å². The number of aliphatic carboxylic acids is 1. The normalized spacial score (nSPS) is 19.9. The Hall–Kier alpha value is -1.36. The lowest BCUT2D eigenvalue weighted by atomic mass is 10.1. The van der Waals surface area contributed by atoms with Gasteiger partial charge in [0.2, 0.25) is 5.91 Å². The summed E-state index contributed by atoms with van der Waals surface area (Å²) in [6.45, 7) is 2.86. The Bertz CT molecular complexity index is 512. The van der Waals surface area contributed by atoms with Crippen LogP contribution in [0.15, 0.2) is 11.4 Å². The molecule has 0 aliphatic heterocycles. The van der Waals surface area contributed by atoms with Gasteiger partial charge >= 0.3 is 5.97 Å². The third kappa shape index (κ3) is 5.13. The summed E-state index contributed by atoms with van der Waals surface area (Å²) in [6.07, 6.45) is 6.05. The average molecular weight is 323 g/mol. The van der Waals surface area contributed by atoms with Gasteiger partial charge in [0, 0.05) is 29.7 Å². The number of nitrogens with one attached hydrogen (secondary N) is 1. The number of rotatable bonds is 10. The van der Waals surface area contributed by atoms with E-state index in [4.69, 9.17) is 5.11 Å². The molecular weight excluding hydrogens is 298 g/mol. The van der Waals surface area contributed by atoms with Gasteiger partial charge in [-0.15, -0.1) is 11.3 Å². The van der Waals surface area contributed by atoms with Crippen LogP contribution in [0.2, 0.25) is 0 Å². The minimum Gasteiger partial charge on any atom is -0.481 e. The number of hydrogen-bond donors (Lipinski definition) is 2. The Morgan fingerprint density at radius 3 is 2.68 bits per heavy atom. The molecule has 1 saturated carbocycles. The molecule has 0 aromatic carbocycles. The third-order valence-electron chi connectivity index (χ3n) is 4.23. The fourth-order valence-electron chi connectivity index (χ4n) is 2.81. The van der Waals surface area contributed by atoms with Gasteiger partial charge < -0.3 is 10.4 Å². The lowest BCUT2D eigenvalue weighted by Crippen LogP contribution is -2.26. The van der Waals surface area contributed by atoms with Crippen LogP contribution >= 0.6 is 11.3 Å². The summed E-state index contributed by atoms with van der Waals surface area (Å²) in [6, 6.07) is 2.12. The highest BCUT2D eigenvalue weighted by molar-refractivity contribution is 7.10. The Labute approximate surface area is 135 Å². The first-order valence-corrected chi connectivity index (χ1v) is 9.01. The quantitative estimate of drug-likeness (QED) is 0.645. The molecule has 5 heteroatoms. The minimum atomic E-state index is -0.716. The van der Waals surface area contributed by atoms with E-state index in [-0.39, 0.29) is 18.2 Å². The van der Waals surface area contributed by atoms with Crippen molar-refractivity contribution in [2.45, 2.75) is 57.8 Å². The van der Waals surface area contributed by atoms with E-state index >= 15 is 0 Å². The fourth-order valence-corrected chi connectivity index (χ4v) is 3.92. The highest BCUT2D eigenvalue weighted by Crippen LogP contribution is 2.50. The SMILES string of the molecule is Cc1ccsc1C1CC1C(=O)NCCCCCCCC(=O)O. The van der Waals surface area contributed by atoms with E-state index in [0.29, 0.717) is 5.92 Å². The van der Waals surface area contributed by atoms with Gasteiger partial charge in [0.05, 0.1) is 0 Å². The molecular formula is C17H25NO3S. The number of carbonyl (C=O) groups is 2. The maximum Gasteiger partial charge on any atom is 0.303 e. The van der Waals surface area contributed by atoms with Crippen LogP contribution in [0.1, 0.15) is 61.3 Å². The van der Waals surface area contributed by atoms with E-state index in [1.807, 2.05) is 0 Å². The number of aryl methyl sites for hydroxylation is 1. The van der Waals surface area contributed by atoms with E-state index in [1.54, 1.807) is 11.3 Å². The molecule has 2 rings (SSSR count). The van der Waals surface area contributed by atoms with Gasteiger partial charge in [0.15, 0.2) is 0 Å². The molecule has 2 atom stereocenters. The van der Waals surface area contributed by atoms with Crippen molar-refractivity contribution in [1.82, 2.24) is 5.32 Å². The summed E-state index contributed by atoms with van der Waals surface area (Å²) in [5.74, 6) is 0.0971. The molecule has 122 valence electrons. The summed E-state index contributed by atoms with van der Waals surface area (Å²) in [7, 11) is 0. The Morgan fingerprint density at radius 1 is 1.27 bits per heavy atom. The molecule has 1 aliphatic rings. The number of carboxylic acid groups (broad SMARTS) is 1. The smallest absolute Gasteiger partial charge is 0.303 e. The maximum absolute atomic E-state index is 12.1. The Kier molecular flexibility index (Phi) is 6.43. The summed E-state index contributed by atoms with van der Waals surface area (Å²) in [5, 5.41) is 13.7. The van der Waals surface area contributed by atoms with E-state index in [0.717, 1.165) is 45.1 Å². The molecule has 0 saturated heterocycles. The highest BCUT2D eigenvalue weighted by atomic mass is 32.1. The lowest BCUT2D eigenvalue weighted by molar-refractivity contribution is -0.137. The third-order valence-corrected chi connectivity index (χ3v) is 5.38. The summed E-state index contributed by atoms with van der Waals surface area (Å²) < 4.78 is 0. The fraction of sp³-hybridized carbons (Fsp3) is 0.647. The highest BCUT2D eigenvalue weighted by Gasteiger charge is 2.44. The molecule has 0 radical (unpaired) electrons. The van der Waals surface area contributed by atoms with Gasteiger partial charge in [-0.25, -0.2) is 0 Å². The largest absolute Gasteiger partial charge is 0.481 e. The molecule has 1 fully saturated rings. The monoisotopic (exact) mass is 323 g/mol. The molecule has 1 heterocycles. The Morgan fingerprint density at radius 2 is 2.00 bits per heavy atom. The number of carbonyl (C=O) groups excluding carboxylic acids is 1. The second-order valence-corrected chi connectivity index (χ2v) is 7.07. The molecule has 0 spiro atoms. The van der Waals surface area contributed by atoms with Gasteiger partial charge in [-0.05, 0) is 43.2 Å². The first-order chi connectivity index (χ1) is 10.6. The zero-order valence-corrected chi connectivity index (χ0v) is 14.0. The van der Waals surface area contributed by atoms with Crippen molar-refractivity contribution >= 4 is 23.2 Å². The van der Waals surface area contributed by atoms with Crippen LogP contribution in [-0.2, 0) is 9.59 Å². The molecule has 4 nitrogen and oxygen atoms in total. The van der Waals surface area contributed by atoms with Gasteiger partial charge in [-0.3, -0.25) is 9.59 Å². The van der Waals surface area contributed by atoms with Crippen molar-refractivity contribution in [2.75, 3.05) is 6.54 Å². The van der Waals surface area contributed by atoms with Gasteiger partial charge in [-0.2, -0.15) is 0 Å². The number of hydrogen-bond acceptors (Lipinski definition) is 3. The number of thiophene rings is 1. The maximum atomic E-state index is 12.1. The van der Waals surface area contributed by atoms with Crippen molar-refractivity contribution in [1.29, 1.82) is 0 Å². The van der Waals surface area contributed by atoms with Crippen molar-refractivity contribution in [3.8, 4) is 0 Å². The molecule has 22 heavy (non-hydrogen) atoms. The number of carboxylic acids is 1. The first kappa shape index (κ1) is 17.0. The lowest BCUT2D eigenvalue weighted by Gasteiger charge is -2.05. The standard InChI is InChI=1S/C17H25NO3S/c1-12-8-10-22-16(12)13-11-14(13)17(21)18-9-6-4-2-3-5-7-15(19)20/h8,10,13-14H,2-7,9,11H2,1H3,(H,18,21)(H,19,20). The van der Waals surface area contributed by atoms with E-state index in [1.165, 1.54) is 10.4 Å². The molecule has 2 unspecified atom stereocenters. The summed E-state index contributed by atoms with van der Waals surface area (Å²) in [5.41, 5.74) is 1.31. The van der Waals surface area contributed by atoms with Crippen LogP contribution < -0.4 is 5.32 Å². The molecule has 1 aromatic heterocycles. The Balaban J connectivity index is 1.51. The van der Waals surface area contributed by atoms with Crippen molar-refractivity contribution in [3.63, 3.8) is 0 Å². The van der Waals surface area contributed by atoms with Crippen molar-refractivity contribution < 1.29 is 14.7 Å². The minimum absolute atomic E-state index is 0.174. The van der Waals surface area contributed by atoms with Gasteiger partial charge in [0.1, 0.15) is 0 Å². The van der Waals surface area contributed by atoms with Crippen LogP contribution in [0.3, 0.4) is 0 Å². The predicted molar refractivity (Wildman–Crippen MR) is 88.3 cm³/mol. The average Bonchev–Trinajstić information content (AvgIpc) is 3.16. The number of amides is 1. The van der Waals surface area contributed by atoms with Crippen LogP contribution in [0.4, 0.5) is 0 Å².